The summed E-state index contributed by atoms with van der Waals surface area (Å²) in [6.45, 7) is 2.12. The van der Waals surface area contributed by atoms with Crippen molar-refractivity contribution in [2.45, 2.75) is 64.0 Å². The van der Waals surface area contributed by atoms with Crippen LogP contribution in [0.2, 0.25) is 0 Å². The maximum absolute atomic E-state index is 11.4. The molecule has 0 aromatic carbocycles. The van der Waals surface area contributed by atoms with Crippen molar-refractivity contribution in [2.24, 2.45) is 5.92 Å². The van der Waals surface area contributed by atoms with Gasteiger partial charge in [0.25, 0.3) is 0 Å². The third-order valence-corrected chi connectivity index (χ3v) is 3.77. The summed E-state index contributed by atoms with van der Waals surface area (Å²) in [6.07, 6.45) is 8.46. The number of hydrogen-bond acceptors (Lipinski definition) is 2. The Hall–Kier alpha value is -0.730. The monoisotopic (exact) mass is 211 g/mol. The van der Waals surface area contributed by atoms with Gasteiger partial charge in [0.05, 0.1) is 0 Å². The molecule has 1 saturated heterocycles. The minimum Gasteiger partial charge on any atom is -0.446 e. The van der Waals surface area contributed by atoms with Crippen LogP contribution >= 0.6 is 0 Å². The van der Waals surface area contributed by atoms with Crippen molar-refractivity contribution in [3.8, 4) is 0 Å². The third-order valence-electron chi connectivity index (χ3n) is 3.77. The molecule has 0 aromatic rings. The zero-order valence-corrected chi connectivity index (χ0v) is 9.50. The highest BCUT2D eigenvalue weighted by Crippen LogP contribution is 2.31. The van der Waals surface area contributed by atoms with E-state index < -0.39 is 0 Å². The van der Waals surface area contributed by atoms with Gasteiger partial charge in [-0.1, -0.05) is 26.2 Å². The highest BCUT2D eigenvalue weighted by atomic mass is 16.6. The number of hydrogen-bond donors (Lipinski definition) is 1. The zero-order valence-electron chi connectivity index (χ0n) is 9.50. The molecule has 0 aromatic heterocycles. The first-order valence-electron chi connectivity index (χ1n) is 6.26. The van der Waals surface area contributed by atoms with E-state index in [0.717, 1.165) is 12.8 Å². The maximum atomic E-state index is 11.4. The predicted molar refractivity (Wildman–Crippen MR) is 58.7 cm³/mol. The van der Waals surface area contributed by atoms with E-state index in [4.69, 9.17) is 4.74 Å². The number of cyclic esters (lactones) is 1. The van der Waals surface area contributed by atoms with Gasteiger partial charge in [0.2, 0.25) is 0 Å². The van der Waals surface area contributed by atoms with Crippen molar-refractivity contribution in [3.63, 3.8) is 0 Å². The third kappa shape index (κ3) is 2.64. The highest BCUT2D eigenvalue weighted by molar-refractivity contribution is 5.68. The number of amides is 1. The minimum absolute atomic E-state index is 0.184. The second-order valence-electron chi connectivity index (χ2n) is 4.83. The molecule has 2 atom stereocenters. The van der Waals surface area contributed by atoms with Crippen LogP contribution in [-0.4, -0.2) is 18.2 Å². The van der Waals surface area contributed by atoms with E-state index in [-0.39, 0.29) is 12.2 Å². The smallest absolute Gasteiger partial charge is 0.407 e. The predicted octanol–water partition coefficient (Wildman–Crippen LogP) is 2.84. The fraction of sp³-hybridized carbons (Fsp3) is 0.917. The Kier molecular flexibility index (Phi) is 3.49. The average Bonchev–Trinajstić information content (AvgIpc) is 2.29. The lowest BCUT2D eigenvalue weighted by Crippen LogP contribution is -2.47. The molecule has 1 aliphatic heterocycles. The molecule has 0 unspecified atom stereocenters. The SMILES string of the molecule is CC[C@@H]1C[C@H](C2CCCCC2)OC(=O)N1. The first kappa shape index (κ1) is 10.8. The van der Waals surface area contributed by atoms with E-state index in [1.54, 1.807) is 0 Å². The van der Waals surface area contributed by atoms with Gasteiger partial charge in [-0.05, 0) is 25.2 Å². The van der Waals surface area contributed by atoms with Gasteiger partial charge >= 0.3 is 6.09 Å². The van der Waals surface area contributed by atoms with Crippen LogP contribution in [0.1, 0.15) is 51.9 Å². The number of alkyl carbamates (subject to hydrolysis) is 1. The first-order chi connectivity index (χ1) is 7.29. The van der Waals surface area contributed by atoms with Crippen LogP contribution in [0.4, 0.5) is 4.79 Å². The number of carbonyl (C=O) groups excluding carboxylic acids is 1. The lowest BCUT2D eigenvalue weighted by molar-refractivity contribution is 0.0134. The van der Waals surface area contributed by atoms with Crippen LogP contribution in [-0.2, 0) is 4.74 Å². The molecule has 2 fully saturated rings. The van der Waals surface area contributed by atoms with Crippen molar-refractivity contribution in [1.29, 1.82) is 0 Å². The van der Waals surface area contributed by atoms with Crippen molar-refractivity contribution in [1.82, 2.24) is 5.32 Å². The summed E-state index contributed by atoms with van der Waals surface area (Å²) in [6, 6.07) is 0.332. The van der Waals surface area contributed by atoms with E-state index in [2.05, 4.69) is 12.2 Å². The van der Waals surface area contributed by atoms with Crippen LogP contribution in [0.25, 0.3) is 0 Å². The fourth-order valence-corrected chi connectivity index (χ4v) is 2.79. The van der Waals surface area contributed by atoms with Crippen molar-refractivity contribution in [2.75, 3.05) is 0 Å². The fourth-order valence-electron chi connectivity index (χ4n) is 2.79. The largest absolute Gasteiger partial charge is 0.446 e. The van der Waals surface area contributed by atoms with Crippen molar-refractivity contribution >= 4 is 6.09 Å². The molecule has 86 valence electrons. The van der Waals surface area contributed by atoms with Crippen LogP contribution in [0.15, 0.2) is 0 Å². The van der Waals surface area contributed by atoms with E-state index in [1.165, 1.54) is 32.1 Å². The summed E-state index contributed by atoms with van der Waals surface area (Å²) in [5, 5.41) is 2.87. The van der Waals surface area contributed by atoms with Gasteiger partial charge < -0.3 is 10.1 Å². The number of ether oxygens (including phenoxy) is 1. The van der Waals surface area contributed by atoms with Crippen molar-refractivity contribution < 1.29 is 9.53 Å². The van der Waals surface area contributed by atoms with Crippen molar-refractivity contribution in [3.05, 3.63) is 0 Å². The molecule has 1 heterocycles. The number of nitrogens with one attached hydrogen (secondary N) is 1. The van der Waals surface area contributed by atoms with E-state index in [9.17, 15) is 4.79 Å². The molecule has 15 heavy (non-hydrogen) atoms. The second kappa shape index (κ2) is 4.86. The van der Waals surface area contributed by atoms with Crippen LogP contribution in [0.3, 0.4) is 0 Å². The Morgan fingerprint density at radius 3 is 2.73 bits per heavy atom. The Morgan fingerprint density at radius 2 is 2.07 bits per heavy atom. The normalized spacial score (nSPS) is 33.3. The van der Waals surface area contributed by atoms with Gasteiger partial charge in [0.15, 0.2) is 0 Å². The van der Waals surface area contributed by atoms with Gasteiger partial charge in [-0.3, -0.25) is 0 Å². The standard InChI is InChI=1S/C12H21NO2/c1-2-10-8-11(15-12(14)13-10)9-6-4-3-5-7-9/h9-11H,2-8H2,1H3,(H,13,14)/t10-,11-/m1/s1. The molecule has 3 heteroatoms. The maximum Gasteiger partial charge on any atom is 0.407 e. The molecule has 2 rings (SSSR count). The molecule has 2 aliphatic rings. The molecule has 1 N–H and O–H groups in total. The van der Waals surface area contributed by atoms with Crippen LogP contribution in [0.5, 0.6) is 0 Å². The van der Waals surface area contributed by atoms with E-state index in [1.807, 2.05) is 0 Å². The quantitative estimate of drug-likeness (QED) is 0.762. The molecule has 0 spiro atoms. The molecule has 3 nitrogen and oxygen atoms in total. The zero-order chi connectivity index (χ0) is 10.7. The second-order valence-corrected chi connectivity index (χ2v) is 4.83. The molecular weight excluding hydrogens is 190 g/mol. The minimum atomic E-state index is -0.205. The van der Waals surface area contributed by atoms with E-state index >= 15 is 0 Å². The number of rotatable bonds is 2. The first-order valence-corrected chi connectivity index (χ1v) is 6.26. The summed E-state index contributed by atoms with van der Waals surface area (Å²) < 4.78 is 5.41. The number of carbonyl (C=O) groups is 1. The summed E-state index contributed by atoms with van der Waals surface area (Å²) in [5.74, 6) is 0.624. The molecule has 0 bridgehead atoms. The van der Waals surface area contributed by atoms with Gasteiger partial charge in [-0.2, -0.15) is 0 Å². The molecule has 1 saturated carbocycles. The Labute approximate surface area is 91.6 Å². The summed E-state index contributed by atoms with van der Waals surface area (Å²) in [7, 11) is 0. The molecule has 1 amide bonds. The Morgan fingerprint density at radius 1 is 1.33 bits per heavy atom. The Bertz CT molecular complexity index is 224. The molecule has 0 radical (unpaired) electrons. The Balaban J connectivity index is 1.92. The summed E-state index contributed by atoms with van der Waals surface area (Å²) in [5.41, 5.74) is 0. The van der Waals surface area contributed by atoms with Crippen LogP contribution < -0.4 is 5.32 Å². The lowest BCUT2D eigenvalue weighted by atomic mass is 9.82. The van der Waals surface area contributed by atoms with Gasteiger partial charge in [-0.15, -0.1) is 0 Å². The lowest BCUT2D eigenvalue weighted by Gasteiger charge is -2.36. The summed E-state index contributed by atoms with van der Waals surface area (Å²) >= 11 is 0. The van der Waals surface area contributed by atoms with Gasteiger partial charge in [0, 0.05) is 12.5 Å². The average molecular weight is 211 g/mol. The topological polar surface area (TPSA) is 38.3 Å². The highest BCUT2D eigenvalue weighted by Gasteiger charge is 2.33. The van der Waals surface area contributed by atoms with Crippen LogP contribution in [0, 0.1) is 5.92 Å². The van der Waals surface area contributed by atoms with Gasteiger partial charge in [0.1, 0.15) is 6.10 Å². The van der Waals surface area contributed by atoms with Gasteiger partial charge in [-0.25, -0.2) is 4.79 Å². The van der Waals surface area contributed by atoms with E-state index in [0.29, 0.717) is 12.0 Å². The summed E-state index contributed by atoms with van der Waals surface area (Å²) in [4.78, 5) is 11.4. The molecule has 1 aliphatic carbocycles. The molecular formula is C12H21NO2.